The number of imidazole rings is 1. The molecule has 0 bridgehead atoms. The minimum absolute atomic E-state index is 0.127. The van der Waals surface area contributed by atoms with E-state index in [1.807, 2.05) is 20.8 Å². The number of carbonyl (C=O) groups excluding carboxylic acids is 1. The molecule has 1 aromatic carbocycles. The molecule has 0 aliphatic heterocycles. The largest absolute Gasteiger partial charge is 0.382 e. The Morgan fingerprint density at radius 1 is 1.31 bits per heavy atom. The monoisotopic (exact) mass is 436 g/mol. The number of hydrogen-bond acceptors (Lipinski definition) is 7. The highest BCUT2D eigenvalue weighted by Crippen LogP contribution is 2.30. The van der Waals surface area contributed by atoms with E-state index in [0.29, 0.717) is 22.7 Å². The van der Waals surface area contributed by atoms with Gasteiger partial charge in [-0.3, -0.25) is 10.1 Å². The van der Waals surface area contributed by atoms with Crippen LogP contribution in [0.25, 0.3) is 16.8 Å². The number of nitrogens with two attached hydrogens (primary N) is 1. The third kappa shape index (κ3) is 4.18. The number of nitrogens with one attached hydrogen (secondary N) is 1. The molecule has 32 heavy (non-hydrogen) atoms. The van der Waals surface area contributed by atoms with E-state index in [4.69, 9.17) is 14.4 Å². The van der Waals surface area contributed by atoms with Crippen molar-refractivity contribution in [3.63, 3.8) is 0 Å². The molecule has 0 saturated carbocycles. The number of anilines is 2. The molecule has 0 fully saturated rings. The third-order valence-electron chi connectivity index (χ3n) is 5.01. The lowest BCUT2D eigenvalue weighted by atomic mass is 9.92. The summed E-state index contributed by atoms with van der Waals surface area (Å²) >= 11 is 0. The summed E-state index contributed by atoms with van der Waals surface area (Å²) in [6.07, 6.45) is 1.40. The van der Waals surface area contributed by atoms with E-state index in [1.54, 1.807) is 37.3 Å². The van der Waals surface area contributed by atoms with E-state index in [2.05, 4.69) is 25.5 Å². The number of hydrogen-bond donors (Lipinski definition) is 2. The second kappa shape index (κ2) is 8.07. The molecule has 3 heterocycles. The molecule has 0 aliphatic rings. The average molecular weight is 437 g/mol. The Bertz CT molecular complexity index is 1370. The van der Waals surface area contributed by atoms with Gasteiger partial charge in [0.25, 0.3) is 0 Å². The first-order valence-electron chi connectivity index (χ1n) is 11.7. The number of benzene rings is 1. The summed E-state index contributed by atoms with van der Waals surface area (Å²) in [6.45, 7) is 5.34. The van der Waals surface area contributed by atoms with Crippen molar-refractivity contribution < 1.29 is 13.4 Å². The number of nitrogens with zero attached hydrogens (tertiary/aromatic N) is 5. The number of amides is 1. The molecule has 1 amide bonds. The van der Waals surface area contributed by atoms with Crippen molar-refractivity contribution in [3.05, 3.63) is 53.7 Å². The van der Waals surface area contributed by atoms with Crippen LogP contribution in [0.2, 0.25) is 0 Å². The third-order valence-corrected chi connectivity index (χ3v) is 5.01. The van der Waals surface area contributed by atoms with E-state index in [1.165, 1.54) is 10.8 Å². The quantitative estimate of drug-likeness (QED) is 0.485. The van der Waals surface area contributed by atoms with Gasteiger partial charge in [-0.1, -0.05) is 64.0 Å². The second-order valence-corrected chi connectivity index (χ2v) is 8.69. The van der Waals surface area contributed by atoms with Gasteiger partial charge in [-0.2, -0.15) is 5.10 Å². The predicted octanol–water partition coefficient (Wildman–Crippen LogP) is 3.96. The lowest BCUT2D eigenvalue weighted by Crippen LogP contribution is -2.14. The fourth-order valence-corrected chi connectivity index (χ4v) is 3.29. The zero-order valence-corrected chi connectivity index (χ0v) is 18.4. The average Bonchev–Trinajstić information content (AvgIpc) is 3.39. The maximum Gasteiger partial charge on any atom is 0.231 e. The number of aromatic nitrogens is 5. The first-order chi connectivity index (χ1) is 16.3. The van der Waals surface area contributed by atoms with Gasteiger partial charge in [0.2, 0.25) is 11.8 Å². The molecule has 0 aliphatic carbocycles. The Kier molecular flexibility index (Phi) is 4.51. The first-order valence-corrected chi connectivity index (χ1v) is 10.2. The SMILES string of the molecule is [2H]C([2H])([2H])C(C)c1nc(-c2ccc(CC(=O)Nc3cc(C(C)(C)C)no3)cc2)c2c(N)ncnn12. The van der Waals surface area contributed by atoms with Crippen LogP contribution in [-0.4, -0.2) is 30.6 Å². The summed E-state index contributed by atoms with van der Waals surface area (Å²) in [5.74, 6) is -0.345. The van der Waals surface area contributed by atoms with E-state index in [9.17, 15) is 4.79 Å². The van der Waals surface area contributed by atoms with Crippen LogP contribution in [0, 0.1) is 0 Å². The van der Waals surface area contributed by atoms with E-state index < -0.39 is 12.8 Å². The minimum Gasteiger partial charge on any atom is -0.382 e. The van der Waals surface area contributed by atoms with Gasteiger partial charge in [-0.15, -0.1) is 0 Å². The van der Waals surface area contributed by atoms with E-state index >= 15 is 0 Å². The predicted molar refractivity (Wildman–Crippen MR) is 122 cm³/mol. The normalized spacial score (nSPS) is 14.6. The molecular formula is C23H27N7O2. The summed E-state index contributed by atoms with van der Waals surface area (Å²) in [5, 5.41) is 10.9. The maximum absolute atomic E-state index is 12.5. The Hall–Kier alpha value is -3.75. The lowest BCUT2D eigenvalue weighted by molar-refractivity contribution is -0.115. The molecule has 0 saturated heterocycles. The zero-order valence-electron chi connectivity index (χ0n) is 21.4. The number of carbonyl (C=O) groups is 1. The van der Waals surface area contributed by atoms with Gasteiger partial charge in [-0.25, -0.2) is 14.5 Å². The summed E-state index contributed by atoms with van der Waals surface area (Å²) in [5.41, 5.74) is 9.03. The van der Waals surface area contributed by atoms with Gasteiger partial charge in [0.05, 0.1) is 12.1 Å². The molecule has 4 aromatic rings. The molecule has 3 N–H and O–H groups in total. The standard InChI is InChI=1S/C23H27N7O2/c1-13(2)22-28-19(20-21(24)25-12-26-30(20)22)15-8-6-14(7-9-15)10-17(31)27-18-11-16(29-32-18)23(3,4)5/h6-9,11-13H,10H2,1-5H3,(H,27,31)(H2,24,25,26)/i1D3. The Morgan fingerprint density at radius 3 is 2.72 bits per heavy atom. The van der Waals surface area contributed by atoms with E-state index in [0.717, 1.165) is 11.3 Å². The van der Waals surface area contributed by atoms with Crippen LogP contribution >= 0.6 is 0 Å². The van der Waals surface area contributed by atoms with Crippen LogP contribution in [0.4, 0.5) is 11.7 Å². The van der Waals surface area contributed by atoms with Crippen molar-refractivity contribution in [1.29, 1.82) is 0 Å². The molecule has 1 unspecified atom stereocenters. The van der Waals surface area contributed by atoms with E-state index in [-0.39, 0.29) is 29.4 Å². The molecular weight excluding hydrogens is 406 g/mol. The Balaban J connectivity index is 1.56. The maximum atomic E-state index is 12.5. The number of fused-ring (bicyclic) bond motifs is 1. The zero-order chi connectivity index (χ0) is 25.5. The van der Waals surface area contributed by atoms with Crippen molar-refractivity contribution in [2.24, 2.45) is 0 Å². The molecule has 9 heteroatoms. The minimum atomic E-state index is -2.26. The lowest BCUT2D eigenvalue weighted by Gasteiger charge is -2.12. The smallest absolute Gasteiger partial charge is 0.231 e. The number of rotatable bonds is 5. The molecule has 4 rings (SSSR count). The molecule has 3 aromatic heterocycles. The highest BCUT2D eigenvalue weighted by Gasteiger charge is 2.21. The van der Waals surface area contributed by atoms with Gasteiger partial charge in [-0.05, 0) is 5.56 Å². The fourth-order valence-electron chi connectivity index (χ4n) is 3.29. The topological polar surface area (TPSA) is 124 Å². The first kappa shape index (κ1) is 17.9. The summed E-state index contributed by atoms with van der Waals surface area (Å²) in [4.78, 5) is 21.1. The summed E-state index contributed by atoms with van der Waals surface area (Å²) < 4.78 is 30.0. The molecule has 0 spiro atoms. The van der Waals surface area contributed by atoms with Gasteiger partial charge in [0.1, 0.15) is 23.4 Å². The van der Waals surface area contributed by atoms with Crippen LogP contribution < -0.4 is 11.1 Å². The van der Waals surface area contributed by atoms with Crippen molar-refractivity contribution in [2.75, 3.05) is 11.1 Å². The summed E-state index contributed by atoms with van der Waals surface area (Å²) in [7, 11) is 0. The molecule has 0 radical (unpaired) electrons. The van der Waals surface area contributed by atoms with Crippen LogP contribution in [0.1, 0.15) is 61.7 Å². The van der Waals surface area contributed by atoms with Crippen molar-refractivity contribution in [3.8, 4) is 11.3 Å². The molecule has 1 atom stereocenters. The highest BCUT2D eigenvalue weighted by molar-refractivity contribution is 5.91. The molecule has 166 valence electrons. The van der Waals surface area contributed by atoms with Crippen molar-refractivity contribution in [2.45, 2.75) is 52.3 Å². The second-order valence-electron chi connectivity index (χ2n) is 8.69. The van der Waals surface area contributed by atoms with Crippen molar-refractivity contribution in [1.82, 2.24) is 24.7 Å². The number of nitrogen functional groups attached to an aromatic ring is 1. The van der Waals surface area contributed by atoms with Crippen LogP contribution in [-0.2, 0) is 16.6 Å². The fraction of sp³-hybridized carbons (Fsp3) is 0.348. The van der Waals surface area contributed by atoms with Crippen LogP contribution in [0.3, 0.4) is 0 Å². The highest BCUT2D eigenvalue weighted by atomic mass is 16.5. The Morgan fingerprint density at radius 2 is 2.06 bits per heavy atom. The van der Waals surface area contributed by atoms with Crippen molar-refractivity contribution >= 4 is 23.1 Å². The van der Waals surface area contributed by atoms with Crippen LogP contribution in [0.15, 0.2) is 41.2 Å². The van der Waals surface area contributed by atoms with Crippen LogP contribution in [0.5, 0.6) is 0 Å². The molecule has 9 nitrogen and oxygen atoms in total. The Labute approximate surface area is 190 Å². The van der Waals surface area contributed by atoms with Gasteiger partial charge >= 0.3 is 0 Å². The van der Waals surface area contributed by atoms with Gasteiger partial charge < -0.3 is 10.3 Å². The van der Waals surface area contributed by atoms with Gasteiger partial charge in [0, 0.05) is 27.1 Å². The summed E-state index contributed by atoms with van der Waals surface area (Å²) in [6, 6.07) is 8.91. The van der Waals surface area contributed by atoms with Gasteiger partial charge in [0.15, 0.2) is 5.82 Å².